The fraction of sp³-hybridized carbons (Fsp3) is 0.538. The molecule has 0 radical (unpaired) electrons. The molecule has 20 heavy (non-hydrogen) atoms. The molecule has 1 aliphatic carbocycles. The van der Waals surface area contributed by atoms with Gasteiger partial charge in [-0.3, -0.25) is 0 Å². The van der Waals surface area contributed by atoms with Crippen LogP contribution in [0.3, 0.4) is 0 Å². The van der Waals surface area contributed by atoms with E-state index in [0.717, 1.165) is 12.8 Å². The molecule has 2 N–H and O–H groups in total. The van der Waals surface area contributed by atoms with E-state index in [1.165, 1.54) is 26.4 Å². The lowest BCUT2D eigenvalue weighted by molar-refractivity contribution is 0.269. The van der Waals surface area contributed by atoms with E-state index in [-0.39, 0.29) is 17.3 Å². The van der Waals surface area contributed by atoms with Crippen molar-refractivity contribution < 1.29 is 23.0 Å². The molecular weight excluding hydrogens is 282 g/mol. The van der Waals surface area contributed by atoms with E-state index in [9.17, 15) is 13.5 Å². The number of rotatable bonds is 7. The smallest absolute Gasteiger partial charge is 0.240 e. The molecule has 1 aromatic rings. The summed E-state index contributed by atoms with van der Waals surface area (Å²) in [6.45, 7) is 0.122. The van der Waals surface area contributed by atoms with Gasteiger partial charge in [-0.25, -0.2) is 13.1 Å². The zero-order valence-electron chi connectivity index (χ0n) is 11.5. The van der Waals surface area contributed by atoms with Gasteiger partial charge in [-0.2, -0.15) is 0 Å². The monoisotopic (exact) mass is 301 g/mol. The summed E-state index contributed by atoms with van der Waals surface area (Å²) in [6, 6.07) is 2.80. The highest BCUT2D eigenvalue weighted by molar-refractivity contribution is 7.89. The summed E-state index contributed by atoms with van der Waals surface area (Å²) in [5, 5.41) is 9.34. The van der Waals surface area contributed by atoms with Gasteiger partial charge in [0.25, 0.3) is 0 Å². The Morgan fingerprint density at radius 2 is 2.00 bits per heavy atom. The number of aliphatic hydroxyl groups excluding tert-OH is 1. The quantitative estimate of drug-likeness (QED) is 0.781. The minimum atomic E-state index is -3.60. The van der Waals surface area contributed by atoms with Gasteiger partial charge < -0.3 is 14.6 Å². The third-order valence-electron chi connectivity index (χ3n) is 3.27. The van der Waals surface area contributed by atoms with Crippen LogP contribution in [0.25, 0.3) is 0 Å². The maximum atomic E-state index is 12.2. The van der Waals surface area contributed by atoms with Crippen LogP contribution in [0.5, 0.6) is 11.5 Å². The van der Waals surface area contributed by atoms with Crippen molar-refractivity contribution in [2.75, 3.05) is 20.8 Å². The molecule has 1 fully saturated rings. The van der Waals surface area contributed by atoms with Crippen molar-refractivity contribution in [1.82, 2.24) is 4.72 Å². The van der Waals surface area contributed by atoms with Crippen molar-refractivity contribution in [3.8, 4) is 11.5 Å². The van der Waals surface area contributed by atoms with Crippen molar-refractivity contribution in [3.63, 3.8) is 0 Å². The lowest BCUT2D eigenvalue weighted by Crippen LogP contribution is -2.26. The molecule has 0 bridgehead atoms. The first-order valence-corrected chi connectivity index (χ1v) is 7.85. The molecule has 0 aliphatic heterocycles. The number of nitrogens with one attached hydrogen (secondary N) is 1. The van der Waals surface area contributed by atoms with Crippen LogP contribution in [0.15, 0.2) is 17.0 Å². The van der Waals surface area contributed by atoms with Gasteiger partial charge >= 0.3 is 0 Å². The first-order chi connectivity index (χ1) is 9.51. The van der Waals surface area contributed by atoms with Gasteiger partial charge in [0.1, 0.15) is 0 Å². The molecule has 1 aliphatic rings. The normalized spacial score (nSPS) is 15.2. The third-order valence-corrected chi connectivity index (χ3v) is 4.67. The predicted octanol–water partition coefficient (Wildman–Crippen LogP) is 0.884. The zero-order chi connectivity index (χ0) is 14.8. The summed E-state index contributed by atoms with van der Waals surface area (Å²) >= 11 is 0. The molecule has 7 heteroatoms. The highest BCUT2D eigenvalue weighted by atomic mass is 32.2. The first kappa shape index (κ1) is 15.1. The molecule has 0 saturated heterocycles. The number of benzene rings is 1. The third kappa shape index (κ3) is 3.23. The number of sulfonamides is 1. The molecule has 1 aromatic carbocycles. The molecule has 0 aromatic heterocycles. The summed E-state index contributed by atoms with van der Waals surface area (Å²) in [5.41, 5.74) is 0.374. The topological polar surface area (TPSA) is 84.9 Å². The van der Waals surface area contributed by atoms with Gasteiger partial charge in [0.2, 0.25) is 10.0 Å². The Bertz CT molecular complexity index is 555. The van der Waals surface area contributed by atoms with Crippen LogP contribution in [0.2, 0.25) is 0 Å². The Morgan fingerprint density at radius 1 is 1.30 bits per heavy atom. The molecular formula is C13H19NO5S. The SMILES string of the molecule is COc1cc(S(=O)(=O)NCC2CC2)cc(CO)c1OC. The largest absolute Gasteiger partial charge is 0.493 e. The highest BCUT2D eigenvalue weighted by Crippen LogP contribution is 2.34. The fourth-order valence-corrected chi connectivity index (χ4v) is 3.10. The van der Waals surface area contributed by atoms with E-state index < -0.39 is 10.0 Å². The average Bonchev–Trinajstić information content (AvgIpc) is 3.27. The Balaban J connectivity index is 2.34. The first-order valence-electron chi connectivity index (χ1n) is 6.37. The Morgan fingerprint density at radius 3 is 2.50 bits per heavy atom. The second-order valence-electron chi connectivity index (χ2n) is 4.77. The van der Waals surface area contributed by atoms with E-state index in [0.29, 0.717) is 23.8 Å². The second-order valence-corrected chi connectivity index (χ2v) is 6.54. The van der Waals surface area contributed by atoms with Gasteiger partial charge in [0.15, 0.2) is 11.5 Å². The van der Waals surface area contributed by atoms with E-state index in [4.69, 9.17) is 9.47 Å². The van der Waals surface area contributed by atoms with Crippen molar-refractivity contribution in [1.29, 1.82) is 0 Å². The summed E-state index contributed by atoms with van der Waals surface area (Å²) < 4.78 is 37.3. The second kappa shape index (κ2) is 5.99. The van der Waals surface area contributed by atoms with Gasteiger partial charge in [0, 0.05) is 18.2 Å². The summed E-state index contributed by atoms with van der Waals surface area (Å²) in [6.07, 6.45) is 2.13. The molecule has 112 valence electrons. The van der Waals surface area contributed by atoms with Crippen LogP contribution in [0.4, 0.5) is 0 Å². The summed E-state index contributed by atoms with van der Waals surface area (Å²) in [7, 11) is -0.738. The number of hydrogen-bond donors (Lipinski definition) is 2. The highest BCUT2D eigenvalue weighted by Gasteiger charge is 2.25. The number of methoxy groups -OCH3 is 2. The molecule has 0 unspecified atom stereocenters. The van der Waals surface area contributed by atoms with Crippen molar-refractivity contribution in [2.24, 2.45) is 5.92 Å². The zero-order valence-corrected chi connectivity index (χ0v) is 12.4. The molecule has 6 nitrogen and oxygen atoms in total. The molecule has 0 spiro atoms. The Hall–Kier alpha value is -1.31. The summed E-state index contributed by atoms with van der Waals surface area (Å²) in [4.78, 5) is 0.0693. The van der Waals surface area contributed by atoms with Gasteiger partial charge in [-0.1, -0.05) is 0 Å². The van der Waals surface area contributed by atoms with Crippen LogP contribution < -0.4 is 14.2 Å². The standard InChI is InChI=1S/C13H19NO5S/c1-18-12-6-11(5-10(8-15)13(12)19-2)20(16,17)14-7-9-3-4-9/h5-6,9,14-15H,3-4,7-8H2,1-2H3. The number of aliphatic hydroxyl groups is 1. The van der Waals surface area contributed by atoms with E-state index >= 15 is 0 Å². The lowest BCUT2D eigenvalue weighted by atomic mass is 10.2. The van der Waals surface area contributed by atoms with Crippen molar-refractivity contribution in [2.45, 2.75) is 24.3 Å². The maximum absolute atomic E-state index is 12.2. The average molecular weight is 301 g/mol. The van der Waals surface area contributed by atoms with Crippen LogP contribution in [0, 0.1) is 5.92 Å². The minimum Gasteiger partial charge on any atom is -0.493 e. The Labute approximate surface area is 118 Å². The molecule has 2 rings (SSSR count). The number of ether oxygens (including phenoxy) is 2. The van der Waals surface area contributed by atoms with Gasteiger partial charge in [0.05, 0.1) is 25.7 Å². The van der Waals surface area contributed by atoms with E-state index in [1.807, 2.05) is 0 Å². The summed E-state index contributed by atoms with van der Waals surface area (Å²) in [5.74, 6) is 1.07. The van der Waals surface area contributed by atoms with E-state index in [2.05, 4.69) is 4.72 Å². The Kier molecular flexibility index (Phi) is 4.52. The van der Waals surface area contributed by atoms with Crippen molar-refractivity contribution >= 4 is 10.0 Å². The molecule has 0 amide bonds. The fourth-order valence-electron chi connectivity index (χ4n) is 1.92. The van der Waals surface area contributed by atoms with Crippen LogP contribution in [0.1, 0.15) is 18.4 Å². The minimum absolute atomic E-state index is 0.0693. The van der Waals surface area contributed by atoms with Crippen LogP contribution in [-0.4, -0.2) is 34.3 Å². The molecule has 0 heterocycles. The van der Waals surface area contributed by atoms with Crippen LogP contribution >= 0.6 is 0 Å². The van der Waals surface area contributed by atoms with Crippen LogP contribution in [-0.2, 0) is 16.6 Å². The predicted molar refractivity (Wildman–Crippen MR) is 73.4 cm³/mol. The molecule has 0 atom stereocenters. The van der Waals surface area contributed by atoms with Gasteiger partial charge in [-0.15, -0.1) is 0 Å². The molecule has 1 saturated carbocycles. The van der Waals surface area contributed by atoms with E-state index in [1.54, 1.807) is 0 Å². The van der Waals surface area contributed by atoms with Gasteiger partial charge in [-0.05, 0) is 24.8 Å². The lowest BCUT2D eigenvalue weighted by Gasteiger charge is -2.14. The maximum Gasteiger partial charge on any atom is 0.240 e. The number of hydrogen-bond acceptors (Lipinski definition) is 5. The van der Waals surface area contributed by atoms with Crippen molar-refractivity contribution in [3.05, 3.63) is 17.7 Å².